The van der Waals surface area contributed by atoms with Gasteiger partial charge in [-0.2, -0.15) is 0 Å². The van der Waals surface area contributed by atoms with Crippen LogP contribution in [0, 0.1) is 11.7 Å². The van der Waals surface area contributed by atoms with Crippen LogP contribution >= 0.6 is 11.6 Å². The standard InChI is InChI=1S/C30H25ClFNO8S2/c1-18-26(30(35)41-15-14-40-25(34)16-19-8-3-2-4-9-19)28(27-20(31)10-7-11-21(27)32)29-22(33-18)17-42(36,37)23-12-5-6-13-24(23)43(29,38)39/h2-13,26,28H,14-17H2,1H3. The number of hydrogen-bond acceptors (Lipinski definition) is 9. The number of carbonyl (C=O) groups is 2. The summed E-state index contributed by atoms with van der Waals surface area (Å²) in [7, 11) is -8.84. The van der Waals surface area contributed by atoms with Crippen molar-refractivity contribution in [1.82, 2.24) is 0 Å². The number of nitrogens with zero attached hydrogens (tertiary/aromatic N) is 1. The molecule has 13 heteroatoms. The van der Waals surface area contributed by atoms with Gasteiger partial charge in [-0.05, 0) is 36.8 Å². The zero-order valence-corrected chi connectivity index (χ0v) is 25.1. The highest BCUT2D eigenvalue weighted by Gasteiger charge is 2.49. The van der Waals surface area contributed by atoms with Crippen molar-refractivity contribution in [2.24, 2.45) is 10.9 Å². The third kappa shape index (κ3) is 5.99. The maximum absolute atomic E-state index is 15.5. The predicted molar refractivity (Wildman–Crippen MR) is 156 cm³/mol. The second kappa shape index (κ2) is 12.0. The van der Waals surface area contributed by atoms with Crippen LogP contribution in [-0.2, 0) is 45.2 Å². The second-order valence-electron chi connectivity index (χ2n) is 9.91. The molecule has 2 heterocycles. The van der Waals surface area contributed by atoms with E-state index in [0.29, 0.717) is 0 Å². The maximum atomic E-state index is 15.5. The summed E-state index contributed by atoms with van der Waals surface area (Å²) in [5.41, 5.74) is 0.0883. The molecule has 0 saturated carbocycles. The largest absolute Gasteiger partial charge is 0.462 e. The Morgan fingerprint density at radius 3 is 2.26 bits per heavy atom. The number of carbonyl (C=O) groups excluding carboxylic acids is 2. The summed E-state index contributed by atoms with van der Waals surface area (Å²) in [5.74, 6) is -6.31. The van der Waals surface area contributed by atoms with Crippen LogP contribution in [0.15, 0.2) is 98.2 Å². The average Bonchev–Trinajstić information content (AvgIpc) is 3.01. The van der Waals surface area contributed by atoms with Crippen LogP contribution in [-0.4, -0.2) is 53.5 Å². The molecule has 2 aliphatic rings. The van der Waals surface area contributed by atoms with Gasteiger partial charge in [0.1, 0.15) is 24.9 Å². The highest BCUT2D eigenvalue weighted by atomic mass is 35.5. The molecule has 0 radical (unpaired) electrons. The molecule has 0 aromatic heterocycles. The van der Waals surface area contributed by atoms with Crippen molar-refractivity contribution in [2.75, 3.05) is 19.0 Å². The van der Waals surface area contributed by atoms with Crippen LogP contribution in [0.5, 0.6) is 0 Å². The van der Waals surface area contributed by atoms with Gasteiger partial charge in [0, 0.05) is 22.2 Å². The first-order valence-corrected chi connectivity index (χ1v) is 16.6. The van der Waals surface area contributed by atoms with Crippen molar-refractivity contribution in [2.45, 2.75) is 29.1 Å². The van der Waals surface area contributed by atoms with Crippen molar-refractivity contribution in [3.63, 3.8) is 0 Å². The number of ether oxygens (including phenoxy) is 2. The van der Waals surface area contributed by atoms with E-state index in [0.717, 1.165) is 17.7 Å². The monoisotopic (exact) mass is 645 g/mol. The molecule has 2 aliphatic heterocycles. The Hall–Kier alpha value is -3.87. The first-order valence-electron chi connectivity index (χ1n) is 13.1. The van der Waals surface area contributed by atoms with Crippen molar-refractivity contribution >= 4 is 48.9 Å². The molecule has 0 saturated heterocycles. The van der Waals surface area contributed by atoms with Gasteiger partial charge in [0.05, 0.1) is 32.6 Å². The van der Waals surface area contributed by atoms with E-state index in [-0.39, 0.29) is 41.6 Å². The number of hydrogen-bond donors (Lipinski definition) is 0. The van der Waals surface area contributed by atoms with Crippen LogP contribution in [0.1, 0.15) is 24.0 Å². The molecule has 2 atom stereocenters. The summed E-state index contributed by atoms with van der Waals surface area (Å²) in [6.45, 7) is 0.731. The third-order valence-electron chi connectivity index (χ3n) is 7.10. The Balaban J connectivity index is 1.50. The fraction of sp³-hybridized carbons (Fsp3) is 0.233. The van der Waals surface area contributed by atoms with Crippen molar-refractivity contribution < 1.29 is 40.3 Å². The molecule has 43 heavy (non-hydrogen) atoms. The van der Waals surface area contributed by atoms with Gasteiger partial charge in [0.25, 0.3) is 0 Å². The number of allylic oxidation sites excluding steroid dienone is 1. The fourth-order valence-corrected chi connectivity index (χ4v) is 9.58. The number of rotatable bonds is 7. The molecule has 0 aliphatic carbocycles. The first kappa shape index (κ1) is 30.6. The third-order valence-corrected chi connectivity index (χ3v) is 11.2. The lowest BCUT2D eigenvalue weighted by molar-refractivity contribution is -0.153. The van der Waals surface area contributed by atoms with Crippen LogP contribution in [0.4, 0.5) is 4.39 Å². The number of esters is 2. The lowest BCUT2D eigenvalue weighted by atomic mass is 9.80. The highest BCUT2D eigenvalue weighted by Crippen LogP contribution is 2.49. The normalized spacial score (nSPS) is 20.2. The molecule has 0 amide bonds. The SMILES string of the molecule is CC1=NC2=C(C(c3c(F)cccc3Cl)C1C(=O)OCCOC(=O)Cc1ccccc1)S(=O)(=O)c1ccccc1S(=O)(=O)C2. The Morgan fingerprint density at radius 2 is 1.56 bits per heavy atom. The zero-order chi connectivity index (χ0) is 30.9. The van der Waals surface area contributed by atoms with E-state index in [1.54, 1.807) is 24.3 Å². The van der Waals surface area contributed by atoms with E-state index in [9.17, 15) is 26.4 Å². The van der Waals surface area contributed by atoms with Gasteiger partial charge >= 0.3 is 11.9 Å². The van der Waals surface area contributed by atoms with E-state index in [4.69, 9.17) is 21.1 Å². The number of fused-ring (bicyclic) bond motifs is 1. The van der Waals surface area contributed by atoms with Gasteiger partial charge in [-0.25, -0.2) is 21.2 Å². The molecule has 224 valence electrons. The topological polar surface area (TPSA) is 133 Å². The predicted octanol–water partition coefficient (Wildman–Crippen LogP) is 4.46. The number of aliphatic imine (C=N–C) groups is 1. The summed E-state index contributed by atoms with van der Waals surface area (Å²) in [6, 6.07) is 17.7. The smallest absolute Gasteiger partial charge is 0.315 e. The Bertz CT molecular complexity index is 1870. The Morgan fingerprint density at radius 1 is 0.907 bits per heavy atom. The van der Waals surface area contributed by atoms with E-state index >= 15 is 4.39 Å². The number of benzene rings is 3. The molecule has 2 unspecified atom stereocenters. The van der Waals surface area contributed by atoms with Crippen molar-refractivity contribution in [3.05, 3.63) is 105 Å². The van der Waals surface area contributed by atoms with Gasteiger partial charge in [0.2, 0.25) is 9.84 Å². The van der Waals surface area contributed by atoms with Crippen molar-refractivity contribution in [3.8, 4) is 0 Å². The maximum Gasteiger partial charge on any atom is 0.315 e. The first-order chi connectivity index (χ1) is 20.4. The molecule has 0 N–H and O–H groups in total. The molecular weight excluding hydrogens is 621 g/mol. The quantitative estimate of drug-likeness (QED) is 0.272. The Kier molecular flexibility index (Phi) is 8.55. The molecule has 5 rings (SSSR count). The molecular formula is C30H25ClFNO8S2. The van der Waals surface area contributed by atoms with E-state index < -0.39 is 69.7 Å². The number of halogens is 2. The minimum Gasteiger partial charge on any atom is -0.462 e. The molecule has 0 fully saturated rings. The van der Waals surface area contributed by atoms with Crippen LogP contribution in [0.25, 0.3) is 0 Å². The molecule has 0 spiro atoms. The lowest BCUT2D eigenvalue weighted by Gasteiger charge is -2.32. The van der Waals surface area contributed by atoms with E-state index in [2.05, 4.69) is 4.99 Å². The van der Waals surface area contributed by atoms with Crippen LogP contribution in [0.2, 0.25) is 5.02 Å². The zero-order valence-electron chi connectivity index (χ0n) is 22.7. The summed E-state index contributed by atoms with van der Waals surface area (Å²) in [5, 5.41) is -0.171. The van der Waals surface area contributed by atoms with E-state index in [1.165, 1.54) is 37.3 Å². The summed E-state index contributed by atoms with van der Waals surface area (Å²) >= 11 is 6.40. The minimum atomic E-state index is -4.65. The van der Waals surface area contributed by atoms with Gasteiger partial charge < -0.3 is 9.47 Å². The van der Waals surface area contributed by atoms with Gasteiger partial charge in [-0.3, -0.25) is 14.6 Å². The second-order valence-corrected chi connectivity index (χ2v) is 14.2. The van der Waals surface area contributed by atoms with Gasteiger partial charge in [0.15, 0.2) is 9.84 Å². The molecule has 3 aromatic rings. The summed E-state index contributed by atoms with van der Waals surface area (Å²) in [6.07, 6.45) is 0.0101. The molecule has 0 bridgehead atoms. The average molecular weight is 646 g/mol. The molecule has 3 aromatic carbocycles. The highest BCUT2D eigenvalue weighted by molar-refractivity contribution is 7.97. The van der Waals surface area contributed by atoms with Crippen LogP contribution in [0.3, 0.4) is 0 Å². The van der Waals surface area contributed by atoms with E-state index in [1.807, 2.05) is 6.07 Å². The van der Waals surface area contributed by atoms with Crippen molar-refractivity contribution in [1.29, 1.82) is 0 Å². The van der Waals surface area contributed by atoms with Crippen LogP contribution < -0.4 is 0 Å². The molecule has 9 nitrogen and oxygen atoms in total. The minimum absolute atomic E-state index is 0.00509. The fourth-order valence-electron chi connectivity index (χ4n) is 5.25. The van der Waals surface area contributed by atoms with Gasteiger partial charge in [-0.1, -0.05) is 60.1 Å². The number of sulfone groups is 2. The van der Waals surface area contributed by atoms with Gasteiger partial charge in [-0.15, -0.1) is 0 Å². The Labute approximate surface area is 252 Å². The summed E-state index contributed by atoms with van der Waals surface area (Å²) in [4.78, 5) is 28.5. The lowest BCUT2D eigenvalue weighted by Crippen LogP contribution is -2.37. The summed E-state index contributed by atoms with van der Waals surface area (Å²) < 4.78 is 80.8.